The molecule has 0 amide bonds. The van der Waals surface area contributed by atoms with Crippen molar-refractivity contribution in [1.82, 2.24) is 0 Å². The first-order chi connectivity index (χ1) is 9.63. The molecule has 20 heavy (non-hydrogen) atoms. The molecule has 0 aliphatic rings. The number of hydrogen-bond donors (Lipinski definition) is 2. The molecule has 0 saturated carbocycles. The lowest BCUT2D eigenvalue weighted by Gasteiger charge is -2.22. The van der Waals surface area contributed by atoms with Crippen molar-refractivity contribution in [2.75, 3.05) is 6.54 Å². The Bertz CT molecular complexity index is 519. The van der Waals surface area contributed by atoms with E-state index in [0.717, 1.165) is 11.1 Å². The fourth-order valence-corrected chi connectivity index (χ4v) is 2.46. The summed E-state index contributed by atoms with van der Waals surface area (Å²) < 4.78 is 0. The monoisotopic (exact) mass is 269 g/mol. The number of nitrogens with two attached hydrogens (primary N) is 1. The maximum Gasteiger partial charge on any atom is 0.0870 e. The van der Waals surface area contributed by atoms with Gasteiger partial charge in [-0.2, -0.15) is 0 Å². The van der Waals surface area contributed by atoms with Gasteiger partial charge in [0.25, 0.3) is 0 Å². The van der Waals surface area contributed by atoms with Gasteiger partial charge in [0, 0.05) is 12.5 Å². The molecular formula is C18H23NO. The third-order valence-corrected chi connectivity index (χ3v) is 3.81. The van der Waals surface area contributed by atoms with Crippen LogP contribution in [-0.4, -0.2) is 11.7 Å². The molecule has 2 rings (SSSR count). The Balaban J connectivity index is 2.22. The third-order valence-electron chi connectivity index (χ3n) is 3.81. The van der Waals surface area contributed by atoms with Crippen LogP contribution in [-0.2, 0) is 0 Å². The van der Waals surface area contributed by atoms with E-state index >= 15 is 0 Å². The van der Waals surface area contributed by atoms with Crippen LogP contribution in [0.25, 0.3) is 0 Å². The van der Waals surface area contributed by atoms with E-state index in [2.05, 4.69) is 26.0 Å². The van der Waals surface area contributed by atoms with E-state index in [1.807, 2.05) is 42.5 Å². The largest absolute Gasteiger partial charge is 0.388 e. The second-order valence-corrected chi connectivity index (χ2v) is 5.52. The van der Waals surface area contributed by atoms with Gasteiger partial charge < -0.3 is 10.8 Å². The van der Waals surface area contributed by atoms with E-state index < -0.39 is 6.10 Å². The van der Waals surface area contributed by atoms with Crippen LogP contribution in [0.4, 0.5) is 0 Å². The Morgan fingerprint density at radius 1 is 0.850 bits per heavy atom. The van der Waals surface area contributed by atoms with Gasteiger partial charge in [-0.25, -0.2) is 0 Å². The first-order valence-electron chi connectivity index (χ1n) is 7.16. The minimum absolute atomic E-state index is 0.0684. The van der Waals surface area contributed by atoms with Gasteiger partial charge in [-0.1, -0.05) is 68.4 Å². The first kappa shape index (κ1) is 14.8. The molecule has 2 nitrogen and oxygen atoms in total. The Labute approximate surface area is 121 Å². The second-order valence-electron chi connectivity index (χ2n) is 5.52. The molecular weight excluding hydrogens is 246 g/mol. The number of aliphatic hydroxyl groups excluding tert-OH is 1. The summed E-state index contributed by atoms with van der Waals surface area (Å²) in [4.78, 5) is 0. The van der Waals surface area contributed by atoms with Crippen molar-refractivity contribution < 1.29 is 5.11 Å². The molecule has 2 aromatic rings. The number of rotatable bonds is 5. The Morgan fingerprint density at radius 2 is 1.40 bits per heavy atom. The van der Waals surface area contributed by atoms with Crippen LogP contribution in [0.15, 0.2) is 54.6 Å². The minimum atomic E-state index is -0.566. The number of hydrogen-bond acceptors (Lipinski definition) is 2. The number of aliphatic hydroxyl groups is 1. The van der Waals surface area contributed by atoms with Gasteiger partial charge in [-0.05, 0) is 22.6 Å². The van der Waals surface area contributed by atoms with Crippen molar-refractivity contribution >= 4 is 0 Å². The molecule has 0 aliphatic carbocycles. The molecule has 0 fully saturated rings. The van der Waals surface area contributed by atoms with Crippen molar-refractivity contribution in [2.24, 2.45) is 5.73 Å². The van der Waals surface area contributed by atoms with E-state index in [9.17, 15) is 5.11 Å². The second kappa shape index (κ2) is 6.69. The van der Waals surface area contributed by atoms with Crippen LogP contribution in [0.5, 0.6) is 0 Å². The van der Waals surface area contributed by atoms with Gasteiger partial charge in [-0.15, -0.1) is 0 Å². The van der Waals surface area contributed by atoms with Crippen molar-refractivity contribution in [3.63, 3.8) is 0 Å². The lowest BCUT2D eigenvalue weighted by molar-refractivity contribution is 0.147. The molecule has 0 saturated heterocycles. The van der Waals surface area contributed by atoms with Crippen molar-refractivity contribution in [1.29, 1.82) is 0 Å². The highest BCUT2D eigenvalue weighted by Crippen LogP contribution is 2.30. The van der Waals surface area contributed by atoms with E-state index in [1.54, 1.807) is 0 Å². The summed E-state index contributed by atoms with van der Waals surface area (Å²) >= 11 is 0. The summed E-state index contributed by atoms with van der Waals surface area (Å²) in [5.74, 6) is 0.432. The summed E-state index contributed by atoms with van der Waals surface area (Å²) in [5, 5.41) is 10.6. The standard InChI is InChI=1S/C18H23NO/c1-13(2)14-8-10-16(11-9-14)18(20)17(12-19)15-6-4-3-5-7-15/h3-11,13,17-18,20H,12,19H2,1-2H3. The third kappa shape index (κ3) is 3.27. The zero-order valence-corrected chi connectivity index (χ0v) is 12.2. The van der Waals surface area contributed by atoms with Crippen LogP contribution in [0.2, 0.25) is 0 Å². The van der Waals surface area contributed by atoms with Crippen LogP contribution >= 0.6 is 0 Å². The highest BCUT2D eigenvalue weighted by atomic mass is 16.3. The average molecular weight is 269 g/mol. The highest BCUT2D eigenvalue weighted by molar-refractivity contribution is 5.30. The fourth-order valence-electron chi connectivity index (χ4n) is 2.46. The minimum Gasteiger partial charge on any atom is -0.388 e. The summed E-state index contributed by atoms with van der Waals surface area (Å²) in [7, 11) is 0. The van der Waals surface area contributed by atoms with Gasteiger partial charge in [0.05, 0.1) is 6.10 Å². The molecule has 2 aromatic carbocycles. The zero-order valence-electron chi connectivity index (χ0n) is 12.2. The predicted octanol–water partition coefficient (Wildman–Crippen LogP) is 3.59. The van der Waals surface area contributed by atoms with Crippen molar-refractivity contribution in [3.05, 3.63) is 71.3 Å². The molecule has 2 atom stereocenters. The normalized spacial score (nSPS) is 14.2. The molecule has 0 aromatic heterocycles. The van der Waals surface area contributed by atoms with Gasteiger partial charge >= 0.3 is 0 Å². The smallest absolute Gasteiger partial charge is 0.0870 e. The van der Waals surface area contributed by atoms with Crippen LogP contribution < -0.4 is 5.73 Å². The maximum atomic E-state index is 10.6. The van der Waals surface area contributed by atoms with Gasteiger partial charge in [0.2, 0.25) is 0 Å². The molecule has 0 heterocycles. The fraction of sp³-hybridized carbons (Fsp3) is 0.333. The van der Waals surface area contributed by atoms with Gasteiger partial charge in [0.15, 0.2) is 0 Å². The molecule has 0 aliphatic heterocycles. The summed E-state index contributed by atoms with van der Waals surface area (Å²) in [6.07, 6.45) is -0.566. The summed E-state index contributed by atoms with van der Waals surface area (Å²) in [6, 6.07) is 18.1. The highest BCUT2D eigenvalue weighted by Gasteiger charge is 2.21. The topological polar surface area (TPSA) is 46.2 Å². The first-order valence-corrected chi connectivity index (χ1v) is 7.16. The molecule has 0 bridgehead atoms. The summed E-state index contributed by atoms with van der Waals surface area (Å²) in [5.41, 5.74) is 9.15. The predicted molar refractivity (Wildman–Crippen MR) is 83.7 cm³/mol. The molecule has 2 heteroatoms. The summed E-state index contributed by atoms with van der Waals surface area (Å²) in [6.45, 7) is 4.76. The number of benzene rings is 2. The van der Waals surface area contributed by atoms with E-state index in [4.69, 9.17) is 5.73 Å². The van der Waals surface area contributed by atoms with E-state index in [0.29, 0.717) is 12.5 Å². The zero-order chi connectivity index (χ0) is 14.5. The van der Waals surface area contributed by atoms with Gasteiger partial charge in [0.1, 0.15) is 0 Å². The Morgan fingerprint density at radius 3 is 1.90 bits per heavy atom. The van der Waals surface area contributed by atoms with Crippen LogP contribution in [0.1, 0.15) is 48.5 Å². The van der Waals surface area contributed by atoms with Crippen molar-refractivity contribution in [2.45, 2.75) is 31.8 Å². The quantitative estimate of drug-likeness (QED) is 0.871. The van der Waals surface area contributed by atoms with Crippen LogP contribution in [0.3, 0.4) is 0 Å². The molecule has 2 unspecified atom stereocenters. The maximum absolute atomic E-state index is 10.6. The molecule has 3 N–H and O–H groups in total. The van der Waals surface area contributed by atoms with E-state index in [1.165, 1.54) is 5.56 Å². The lowest BCUT2D eigenvalue weighted by Crippen LogP contribution is -2.20. The molecule has 106 valence electrons. The Kier molecular flexibility index (Phi) is 4.94. The van der Waals surface area contributed by atoms with Gasteiger partial charge in [-0.3, -0.25) is 0 Å². The van der Waals surface area contributed by atoms with Crippen LogP contribution in [0, 0.1) is 0 Å². The van der Waals surface area contributed by atoms with Crippen molar-refractivity contribution in [3.8, 4) is 0 Å². The lowest BCUT2D eigenvalue weighted by atomic mass is 9.88. The SMILES string of the molecule is CC(C)c1ccc(C(O)C(CN)c2ccccc2)cc1. The molecule has 0 spiro atoms. The van der Waals surface area contributed by atoms with E-state index in [-0.39, 0.29) is 5.92 Å². The average Bonchev–Trinajstić information content (AvgIpc) is 2.49. The Hall–Kier alpha value is -1.64. The molecule has 0 radical (unpaired) electrons.